The second-order valence-corrected chi connectivity index (χ2v) is 7.67. The molecule has 0 saturated carbocycles. The maximum Gasteiger partial charge on any atom is 0.217 e. The van der Waals surface area contributed by atoms with Crippen molar-refractivity contribution in [3.05, 3.63) is 0 Å². The molecule has 10 nitrogen and oxygen atoms in total. The molecule has 0 aliphatic carbocycles. The first-order chi connectivity index (χ1) is 13.9. The van der Waals surface area contributed by atoms with Gasteiger partial charge in [-0.15, -0.1) is 0 Å². The van der Waals surface area contributed by atoms with Crippen LogP contribution in [0.25, 0.3) is 0 Å². The minimum Gasteiger partial charge on any atom is -0.385 e. The Morgan fingerprint density at radius 3 is 1.90 bits per heavy atom. The summed E-state index contributed by atoms with van der Waals surface area (Å²) in [6.45, 7) is 5.97. The summed E-state index contributed by atoms with van der Waals surface area (Å²) in [5, 5.41) is 45.7. The van der Waals surface area contributed by atoms with Crippen LogP contribution in [0.15, 0.2) is 0 Å². The monoisotopic (exact) mass is 431 g/mol. The summed E-state index contributed by atoms with van der Waals surface area (Å²) < 4.78 is 5.18. The zero-order valence-corrected chi connectivity index (χ0v) is 17.9. The Morgan fingerprint density at radius 2 is 1.47 bits per heavy atom. The van der Waals surface area contributed by atoms with Crippen LogP contribution in [0.5, 0.6) is 0 Å². The number of aliphatic hydroxyl groups is 4. The first-order valence-electron chi connectivity index (χ1n) is 10.3. The minimum absolute atomic E-state index is 0.0245. The lowest BCUT2D eigenvalue weighted by Crippen LogP contribution is -2.83. The standard InChI is InChI=1S/C20H33NO9/c1-5-8-12(23)15(26)17-20(29,14(25)10-7-3)19(28,13(24)9-6-2)16(18(27)30-17)21-11(4)22/h12,16-18,23,27-29H,5-10H2,1-4H3,(H,21,22)/t12?,16-,17+,18-,19+,20+/m0/s1. The molecule has 5 N–H and O–H groups in total. The molecule has 6 atom stereocenters. The quantitative estimate of drug-likeness (QED) is 0.279. The molecule has 1 fully saturated rings. The van der Waals surface area contributed by atoms with Crippen molar-refractivity contribution in [1.82, 2.24) is 5.32 Å². The number of ether oxygens (including phenoxy) is 1. The SMILES string of the molecule is CCCC(=O)[C@@]1(O)[C@@H](C(=O)C(O)CCC)O[C@H](O)[C@H](NC(C)=O)[C@]1(O)C(=O)CCC. The van der Waals surface area contributed by atoms with Gasteiger partial charge in [0.05, 0.1) is 0 Å². The molecule has 0 aromatic carbocycles. The highest BCUT2D eigenvalue weighted by Gasteiger charge is 2.72. The molecule has 1 aliphatic heterocycles. The van der Waals surface area contributed by atoms with E-state index in [-0.39, 0.29) is 32.1 Å². The third kappa shape index (κ3) is 4.62. The summed E-state index contributed by atoms with van der Waals surface area (Å²) in [7, 11) is 0. The second-order valence-electron chi connectivity index (χ2n) is 7.67. The first-order valence-corrected chi connectivity index (χ1v) is 10.3. The third-order valence-corrected chi connectivity index (χ3v) is 5.28. The van der Waals surface area contributed by atoms with E-state index in [2.05, 4.69) is 5.32 Å². The third-order valence-electron chi connectivity index (χ3n) is 5.28. The highest BCUT2D eigenvalue weighted by Crippen LogP contribution is 2.42. The maximum atomic E-state index is 13.0. The number of ketones is 3. The predicted octanol–water partition coefficient (Wildman–Crippen LogP) is -0.861. The fraction of sp³-hybridized carbons (Fsp3) is 0.800. The number of Topliss-reactive ketones (excluding diaryl/α,β-unsaturated/α-hetero) is 3. The van der Waals surface area contributed by atoms with E-state index in [1.807, 2.05) is 0 Å². The normalized spacial score (nSPS) is 32.3. The van der Waals surface area contributed by atoms with E-state index in [9.17, 15) is 39.6 Å². The molecule has 10 heteroatoms. The van der Waals surface area contributed by atoms with Crippen molar-refractivity contribution in [3.8, 4) is 0 Å². The van der Waals surface area contributed by atoms with E-state index >= 15 is 0 Å². The maximum absolute atomic E-state index is 13.0. The Labute approximate surface area is 175 Å². The summed E-state index contributed by atoms with van der Waals surface area (Å²) in [4.78, 5) is 50.5. The van der Waals surface area contributed by atoms with Gasteiger partial charge in [-0.1, -0.05) is 27.2 Å². The van der Waals surface area contributed by atoms with Crippen LogP contribution in [0.4, 0.5) is 0 Å². The van der Waals surface area contributed by atoms with Gasteiger partial charge >= 0.3 is 0 Å². The Bertz CT molecular complexity index is 667. The Hall–Kier alpha value is -1.72. The van der Waals surface area contributed by atoms with Gasteiger partial charge in [-0.25, -0.2) is 0 Å². The molecule has 1 amide bonds. The number of aliphatic hydroxyl groups excluding tert-OH is 2. The van der Waals surface area contributed by atoms with E-state index in [0.717, 1.165) is 6.92 Å². The van der Waals surface area contributed by atoms with Crippen LogP contribution in [0.1, 0.15) is 66.2 Å². The summed E-state index contributed by atoms with van der Waals surface area (Å²) in [6.07, 6.45) is -5.79. The fourth-order valence-corrected chi connectivity index (χ4v) is 3.80. The van der Waals surface area contributed by atoms with Crippen molar-refractivity contribution in [2.24, 2.45) is 0 Å². The highest BCUT2D eigenvalue weighted by atomic mass is 16.6. The lowest BCUT2D eigenvalue weighted by atomic mass is 9.64. The number of hydrogen-bond acceptors (Lipinski definition) is 9. The van der Waals surface area contributed by atoms with E-state index in [1.54, 1.807) is 20.8 Å². The number of carbonyl (C=O) groups excluding carboxylic acids is 4. The second kappa shape index (κ2) is 10.5. The van der Waals surface area contributed by atoms with Crippen LogP contribution in [0.3, 0.4) is 0 Å². The molecule has 0 aromatic heterocycles. The van der Waals surface area contributed by atoms with Crippen LogP contribution in [-0.2, 0) is 23.9 Å². The van der Waals surface area contributed by atoms with Gasteiger partial charge in [-0.3, -0.25) is 19.2 Å². The number of nitrogens with one attached hydrogen (secondary N) is 1. The molecule has 1 unspecified atom stereocenters. The zero-order chi connectivity index (χ0) is 23.3. The minimum atomic E-state index is -3.12. The molecule has 1 saturated heterocycles. The number of rotatable bonds is 11. The van der Waals surface area contributed by atoms with Gasteiger partial charge in [0, 0.05) is 19.8 Å². The van der Waals surface area contributed by atoms with Gasteiger partial charge in [0.25, 0.3) is 0 Å². The fourth-order valence-electron chi connectivity index (χ4n) is 3.80. The predicted molar refractivity (Wildman–Crippen MR) is 104 cm³/mol. The van der Waals surface area contributed by atoms with Crippen molar-refractivity contribution in [2.75, 3.05) is 0 Å². The Balaban J connectivity index is 3.74. The molecule has 0 spiro atoms. The highest BCUT2D eigenvalue weighted by molar-refractivity contribution is 6.06. The molecule has 1 aliphatic rings. The van der Waals surface area contributed by atoms with Crippen LogP contribution < -0.4 is 5.32 Å². The lowest BCUT2D eigenvalue weighted by Gasteiger charge is -2.53. The van der Waals surface area contributed by atoms with E-state index in [4.69, 9.17) is 4.74 Å². The van der Waals surface area contributed by atoms with Crippen LogP contribution in [0, 0.1) is 0 Å². The molecule has 0 bridgehead atoms. The van der Waals surface area contributed by atoms with Gasteiger partial charge in [-0.2, -0.15) is 0 Å². The summed E-state index contributed by atoms with van der Waals surface area (Å²) in [5.41, 5.74) is -6.17. The summed E-state index contributed by atoms with van der Waals surface area (Å²) >= 11 is 0. The molecule has 172 valence electrons. The van der Waals surface area contributed by atoms with Crippen molar-refractivity contribution >= 4 is 23.3 Å². The van der Waals surface area contributed by atoms with Crippen LogP contribution in [0.2, 0.25) is 0 Å². The number of amides is 1. The van der Waals surface area contributed by atoms with Crippen LogP contribution in [-0.4, -0.2) is 79.4 Å². The van der Waals surface area contributed by atoms with Gasteiger partial charge in [0.2, 0.25) is 5.91 Å². The zero-order valence-electron chi connectivity index (χ0n) is 17.9. The topological polar surface area (TPSA) is 170 Å². The van der Waals surface area contributed by atoms with Gasteiger partial charge in [0.1, 0.15) is 12.1 Å². The van der Waals surface area contributed by atoms with Crippen molar-refractivity contribution < 1.29 is 44.3 Å². The first kappa shape index (κ1) is 26.3. The molecular formula is C20H33NO9. The summed E-state index contributed by atoms with van der Waals surface area (Å²) in [5.74, 6) is -4.03. The Morgan fingerprint density at radius 1 is 0.967 bits per heavy atom. The smallest absolute Gasteiger partial charge is 0.217 e. The average Bonchev–Trinajstić information content (AvgIpc) is 2.67. The van der Waals surface area contributed by atoms with Gasteiger partial charge in [0.15, 0.2) is 40.9 Å². The molecular weight excluding hydrogens is 398 g/mol. The van der Waals surface area contributed by atoms with E-state index < -0.39 is 59.0 Å². The molecule has 0 aromatic rings. The number of carbonyl (C=O) groups is 4. The number of hydrogen-bond donors (Lipinski definition) is 5. The van der Waals surface area contributed by atoms with Gasteiger partial charge in [-0.05, 0) is 19.3 Å². The molecule has 1 rings (SSSR count). The average molecular weight is 431 g/mol. The van der Waals surface area contributed by atoms with Crippen LogP contribution >= 0.6 is 0 Å². The van der Waals surface area contributed by atoms with Gasteiger partial charge < -0.3 is 30.5 Å². The van der Waals surface area contributed by atoms with E-state index in [0.29, 0.717) is 6.42 Å². The molecule has 30 heavy (non-hydrogen) atoms. The van der Waals surface area contributed by atoms with E-state index in [1.165, 1.54) is 0 Å². The van der Waals surface area contributed by atoms with Crippen molar-refractivity contribution in [2.45, 2.75) is 102 Å². The Kier molecular flexibility index (Phi) is 9.25. The van der Waals surface area contributed by atoms with Crippen molar-refractivity contribution in [3.63, 3.8) is 0 Å². The summed E-state index contributed by atoms with van der Waals surface area (Å²) in [6, 6.07) is -1.91. The largest absolute Gasteiger partial charge is 0.385 e. The molecule has 0 radical (unpaired) electrons. The van der Waals surface area contributed by atoms with Crippen molar-refractivity contribution in [1.29, 1.82) is 0 Å². The molecule has 1 heterocycles. The lowest BCUT2D eigenvalue weighted by molar-refractivity contribution is -0.297.